The summed E-state index contributed by atoms with van der Waals surface area (Å²) in [5, 5.41) is 0. The summed E-state index contributed by atoms with van der Waals surface area (Å²) in [4.78, 5) is 28.1. The maximum atomic E-state index is 14.3. The number of nitrogens with zero attached hydrogens (tertiary/aromatic N) is 2. The molecule has 0 saturated carbocycles. The Hall–Kier alpha value is -2.17. The molecule has 2 saturated heterocycles. The molecule has 5 heteroatoms. The second kappa shape index (κ2) is 8.97. The molecule has 1 aromatic rings. The van der Waals surface area contributed by atoms with Gasteiger partial charge in [-0.25, -0.2) is 4.39 Å². The Labute approximate surface area is 154 Å². The number of piperidine rings is 1. The van der Waals surface area contributed by atoms with Gasteiger partial charge in [-0.3, -0.25) is 9.59 Å². The Morgan fingerprint density at radius 1 is 1.04 bits per heavy atom. The summed E-state index contributed by atoms with van der Waals surface area (Å²) in [5.74, 6) is -0.751. The van der Waals surface area contributed by atoms with E-state index in [1.807, 2.05) is 23.1 Å². The predicted octanol–water partition coefficient (Wildman–Crippen LogP) is 3.64. The van der Waals surface area contributed by atoms with Crippen molar-refractivity contribution >= 4 is 17.9 Å². The monoisotopic (exact) mass is 358 g/mol. The Balaban J connectivity index is 1.51. The van der Waals surface area contributed by atoms with Gasteiger partial charge in [-0.1, -0.05) is 30.3 Å². The molecule has 0 radical (unpaired) electrons. The van der Waals surface area contributed by atoms with Crippen LogP contribution in [0.5, 0.6) is 0 Å². The molecule has 2 amide bonds. The first-order valence-electron chi connectivity index (χ1n) is 9.63. The molecule has 1 atom stereocenters. The largest absolute Gasteiger partial charge is 0.343 e. The van der Waals surface area contributed by atoms with E-state index in [0.29, 0.717) is 25.1 Å². The number of benzene rings is 1. The molecule has 1 aromatic carbocycles. The van der Waals surface area contributed by atoms with E-state index >= 15 is 0 Å². The summed E-state index contributed by atoms with van der Waals surface area (Å²) in [6.07, 6.45) is 6.68. The lowest BCUT2D eigenvalue weighted by Gasteiger charge is -2.32. The quantitative estimate of drug-likeness (QED) is 0.754. The zero-order chi connectivity index (χ0) is 18.4. The van der Waals surface area contributed by atoms with E-state index in [2.05, 4.69) is 0 Å². The minimum absolute atomic E-state index is 0.223. The second-order valence-corrected chi connectivity index (χ2v) is 7.29. The maximum absolute atomic E-state index is 14.3. The third-order valence-corrected chi connectivity index (χ3v) is 5.33. The SMILES string of the molecule is O=C(CC[C@H]1CCCN(C(=O)/C(F)=C/c2ccccc2)C1)N1CCCC1. The summed E-state index contributed by atoms with van der Waals surface area (Å²) in [7, 11) is 0. The molecule has 140 valence electrons. The smallest absolute Gasteiger partial charge is 0.282 e. The van der Waals surface area contributed by atoms with Gasteiger partial charge in [0.1, 0.15) is 0 Å². The Kier molecular flexibility index (Phi) is 6.42. The zero-order valence-electron chi connectivity index (χ0n) is 15.2. The van der Waals surface area contributed by atoms with Gasteiger partial charge in [0.15, 0.2) is 5.83 Å². The lowest BCUT2D eigenvalue weighted by Crippen LogP contribution is -2.40. The Morgan fingerprint density at radius 2 is 1.73 bits per heavy atom. The van der Waals surface area contributed by atoms with Crippen LogP contribution >= 0.6 is 0 Å². The van der Waals surface area contributed by atoms with Crippen LogP contribution in [0.3, 0.4) is 0 Å². The highest BCUT2D eigenvalue weighted by Gasteiger charge is 2.27. The standard InChI is InChI=1S/C21H27FN2O2/c22-19(15-17-7-2-1-3-8-17)21(26)24-14-6-9-18(16-24)10-11-20(25)23-12-4-5-13-23/h1-3,7-8,15,18H,4-6,9-14,16H2/b19-15-/t18-/m1/s1. The van der Waals surface area contributed by atoms with Crippen LogP contribution in [-0.4, -0.2) is 47.8 Å². The zero-order valence-corrected chi connectivity index (χ0v) is 15.2. The van der Waals surface area contributed by atoms with Crippen molar-refractivity contribution in [2.75, 3.05) is 26.2 Å². The molecule has 0 bridgehead atoms. The van der Waals surface area contributed by atoms with Gasteiger partial charge in [-0.15, -0.1) is 0 Å². The van der Waals surface area contributed by atoms with Gasteiger partial charge < -0.3 is 9.80 Å². The number of amides is 2. The first-order chi connectivity index (χ1) is 12.6. The number of carbonyl (C=O) groups is 2. The van der Waals surface area contributed by atoms with Gasteiger partial charge in [-0.05, 0) is 49.7 Å². The topological polar surface area (TPSA) is 40.6 Å². The van der Waals surface area contributed by atoms with Crippen LogP contribution in [0, 0.1) is 5.92 Å². The molecule has 0 N–H and O–H groups in total. The summed E-state index contributed by atoms with van der Waals surface area (Å²) < 4.78 is 14.3. The van der Waals surface area contributed by atoms with Crippen molar-refractivity contribution in [1.82, 2.24) is 9.80 Å². The van der Waals surface area contributed by atoms with Crippen LogP contribution in [-0.2, 0) is 9.59 Å². The predicted molar refractivity (Wildman–Crippen MR) is 99.9 cm³/mol. The van der Waals surface area contributed by atoms with Crippen molar-refractivity contribution in [3.8, 4) is 0 Å². The summed E-state index contributed by atoms with van der Waals surface area (Å²) in [5.41, 5.74) is 0.683. The van der Waals surface area contributed by atoms with Crippen LogP contribution in [0.15, 0.2) is 36.2 Å². The van der Waals surface area contributed by atoms with Gasteiger partial charge in [-0.2, -0.15) is 0 Å². The van der Waals surface area contributed by atoms with Gasteiger partial charge >= 0.3 is 0 Å². The average Bonchev–Trinajstić information content (AvgIpc) is 3.21. The van der Waals surface area contributed by atoms with Gasteiger partial charge in [0.2, 0.25) is 5.91 Å². The fourth-order valence-corrected chi connectivity index (χ4v) is 3.85. The average molecular weight is 358 g/mol. The van der Waals surface area contributed by atoms with Crippen molar-refractivity contribution in [3.05, 3.63) is 41.7 Å². The van der Waals surface area contributed by atoms with Crippen molar-refractivity contribution in [3.63, 3.8) is 0 Å². The molecule has 0 unspecified atom stereocenters. The number of hydrogen-bond acceptors (Lipinski definition) is 2. The van der Waals surface area contributed by atoms with E-state index in [4.69, 9.17) is 0 Å². The minimum Gasteiger partial charge on any atom is -0.343 e. The second-order valence-electron chi connectivity index (χ2n) is 7.29. The van der Waals surface area contributed by atoms with E-state index in [1.165, 1.54) is 6.08 Å². The summed E-state index contributed by atoms with van der Waals surface area (Å²) in [6.45, 7) is 2.89. The number of hydrogen-bond donors (Lipinski definition) is 0. The lowest BCUT2D eigenvalue weighted by atomic mass is 9.93. The molecule has 0 spiro atoms. The number of carbonyl (C=O) groups excluding carboxylic acids is 2. The highest BCUT2D eigenvalue weighted by atomic mass is 19.1. The first kappa shape index (κ1) is 18.6. The molecule has 0 aliphatic carbocycles. The molecule has 2 fully saturated rings. The van der Waals surface area contributed by atoms with E-state index in [9.17, 15) is 14.0 Å². The van der Waals surface area contributed by atoms with Gasteiger partial charge in [0.05, 0.1) is 0 Å². The normalized spacial score (nSPS) is 21.1. The van der Waals surface area contributed by atoms with Gasteiger partial charge in [0, 0.05) is 32.6 Å². The van der Waals surface area contributed by atoms with E-state index in [1.54, 1.807) is 17.0 Å². The maximum Gasteiger partial charge on any atom is 0.282 e. The summed E-state index contributed by atoms with van der Waals surface area (Å²) >= 11 is 0. The van der Waals surface area contributed by atoms with Crippen LogP contribution in [0.1, 0.15) is 44.1 Å². The fourth-order valence-electron chi connectivity index (χ4n) is 3.85. The summed E-state index contributed by atoms with van der Waals surface area (Å²) in [6, 6.07) is 9.04. The third-order valence-electron chi connectivity index (χ3n) is 5.33. The fraction of sp³-hybridized carbons (Fsp3) is 0.524. The van der Waals surface area contributed by atoms with Crippen molar-refractivity contribution in [1.29, 1.82) is 0 Å². The molecule has 2 aliphatic heterocycles. The van der Waals surface area contributed by atoms with Crippen molar-refractivity contribution in [2.45, 2.75) is 38.5 Å². The number of halogens is 1. The van der Waals surface area contributed by atoms with E-state index in [0.717, 1.165) is 45.2 Å². The molecule has 0 aromatic heterocycles. The third kappa shape index (κ3) is 4.93. The molecular weight excluding hydrogens is 331 g/mol. The van der Waals surface area contributed by atoms with Crippen LogP contribution in [0.25, 0.3) is 6.08 Å². The van der Waals surface area contributed by atoms with Crippen LogP contribution < -0.4 is 0 Å². The highest BCUT2D eigenvalue weighted by Crippen LogP contribution is 2.24. The van der Waals surface area contributed by atoms with Crippen molar-refractivity contribution in [2.24, 2.45) is 5.92 Å². The van der Waals surface area contributed by atoms with Crippen LogP contribution in [0.4, 0.5) is 4.39 Å². The molecule has 26 heavy (non-hydrogen) atoms. The molecule has 2 heterocycles. The Morgan fingerprint density at radius 3 is 2.46 bits per heavy atom. The molecule has 3 rings (SSSR count). The van der Waals surface area contributed by atoms with Gasteiger partial charge in [0.25, 0.3) is 5.91 Å². The number of likely N-dealkylation sites (tertiary alicyclic amines) is 2. The number of rotatable bonds is 5. The highest BCUT2D eigenvalue weighted by molar-refractivity contribution is 5.95. The lowest BCUT2D eigenvalue weighted by molar-refractivity contribution is -0.131. The van der Waals surface area contributed by atoms with E-state index in [-0.39, 0.29) is 11.8 Å². The van der Waals surface area contributed by atoms with Crippen LogP contribution in [0.2, 0.25) is 0 Å². The molecule has 4 nitrogen and oxygen atoms in total. The van der Waals surface area contributed by atoms with Crippen molar-refractivity contribution < 1.29 is 14.0 Å². The first-order valence-corrected chi connectivity index (χ1v) is 9.63. The van der Waals surface area contributed by atoms with E-state index < -0.39 is 11.7 Å². The Bertz CT molecular complexity index is 653. The molecular formula is C21H27FN2O2. The molecule has 2 aliphatic rings. The minimum atomic E-state index is -0.718.